The number of benzene rings is 7. The molecule has 8 saturated heterocycles. The van der Waals surface area contributed by atoms with Crippen LogP contribution in [0.4, 0.5) is 56.0 Å². The molecule has 24 nitrogen and oxygen atoms in total. The minimum atomic E-state index is -3.20. The van der Waals surface area contributed by atoms with Crippen LogP contribution in [0.5, 0.6) is 0 Å². The van der Waals surface area contributed by atoms with Crippen LogP contribution in [0, 0.1) is 24.2 Å². The highest BCUT2D eigenvalue weighted by Crippen LogP contribution is 2.40. The summed E-state index contributed by atoms with van der Waals surface area (Å²) in [7, 11) is -1.57. The maximum atomic E-state index is 13.1. The molecule has 1 saturated carbocycles. The summed E-state index contributed by atoms with van der Waals surface area (Å²) >= 11 is 0. The molecule has 1 aliphatic carbocycles. The second kappa shape index (κ2) is 53.8. The van der Waals surface area contributed by atoms with Crippen LogP contribution in [-0.2, 0) is 21.1 Å². The lowest BCUT2D eigenvalue weighted by atomic mass is 9.95. The Hall–Kier alpha value is -10.0. The van der Waals surface area contributed by atoms with Gasteiger partial charge in [0.15, 0.2) is 15.6 Å². The number of hydrogen-bond acceptors (Lipinski definition) is 20. The maximum absolute atomic E-state index is 13.1. The molecule has 10 N–H and O–H groups in total. The Morgan fingerprint density at radius 2 is 0.713 bits per heavy atom. The number of Topliss-reactive ketones (excluding diaryl/α,β-unsaturated/α-hetero) is 1. The Morgan fingerprint density at radius 3 is 1.07 bits per heavy atom. The molecule has 0 radical (unpaired) electrons. The smallest absolute Gasteiger partial charge is 0.319 e. The largest absolute Gasteiger partial charge is 0.369 e. The number of nitrogens with one attached hydrogen (secondary N) is 10. The van der Waals surface area contributed by atoms with Gasteiger partial charge in [0.2, 0.25) is 5.91 Å². The van der Waals surface area contributed by atoms with Gasteiger partial charge in [-0.15, -0.1) is 13.0 Å². The molecule has 742 valence electrons. The van der Waals surface area contributed by atoms with Crippen LogP contribution in [0.3, 0.4) is 0 Å². The van der Waals surface area contributed by atoms with E-state index in [9.17, 15) is 27.6 Å². The van der Waals surface area contributed by atoms with Gasteiger partial charge >= 0.3 is 6.03 Å². The summed E-state index contributed by atoms with van der Waals surface area (Å²) in [6.07, 6.45) is 13.2. The number of likely N-dealkylation sites (tertiary alicyclic amines) is 1. The highest BCUT2D eigenvalue weighted by molar-refractivity contribution is 7.90. The monoisotopic (exact) mass is 1880 g/mol. The van der Waals surface area contributed by atoms with Gasteiger partial charge in [0.1, 0.15) is 0 Å². The van der Waals surface area contributed by atoms with Gasteiger partial charge in [-0.2, -0.15) is 0 Å². The zero-order valence-corrected chi connectivity index (χ0v) is 86.5. The molecule has 9 fully saturated rings. The van der Waals surface area contributed by atoms with E-state index in [-0.39, 0.29) is 17.8 Å². The van der Waals surface area contributed by atoms with Crippen molar-refractivity contribution in [3.8, 4) is 12.3 Å². The van der Waals surface area contributed by atoms with Crippen LogP contribution < -0.4 is 87.5 Å². The number of hydrogen-bond donors (Lipinski definition) is 10. The lowest BCUT2D eigenvalue weighted by Gasteiger charge is -2.32. The summed E-state index contributed by atoms with van der Waals surface area (Å²) in [6, 6.07) is 44.8. The Kier molecular flexibility index (Phi) is 42.7. The Morgan fingerprint density at radius 1 is 0.404 bits per heavy atom. The number of piperazine rings is 7. The van der Waals surface area contributed by atoms with E-state index < -0.39 is 9.84 Å². The Balaban J connectivity index is 0.000000164. The van der Waals surface area contributed by atoms with Crippen molar-refractivity contribution in [2.24, 2.45) is 11.8 Å². The molecule has 0 aromatic heterocycles. The maximum Gasteiger partial charge on any atom is 0.319 e. The van der Waals surface area contributed by atoms with E-state index in [0.29, 0.717) is 63.9 Å². The minimum absolute atomic E-state index is 0.0164. The zero-order chi connectivity index (χ0) is 98.1. The predicted octanol–water partition coefficient (Wildman–Crippen LogP) is 16.4. The van der Waals surface area contributed by atoms with Gasteiger partial charge in [0, 0.05) is 251 Å². The van der Waals surface area contributed by atoms with Crippen LogP contribution in [0.1, 0.15) is 242 Å². The van der Waals surface area contributed by atoms with Gasteiger partial charge in [-0.1, -0.05) is 164 Å². The molecule has 1 atom stereocenters. The highest BCUT2D eigenvalue weighted by atomic mass is 32.2. The molecule has 8 aliphatic heterocycles. The summed E-state index contributed by atoms with van der Waals surface area (Å²) in [4.78, 5) is 67.6. The number of rotatable bonds is 22. The number of terminal acetylenes is 1. The fourth-order valence-electron chi connectivity index (χ4n) is 18.2. The molecular formula is C111H166N18O6S. The fraction of sp³-hybridized carbons (Fsp3) is 0.550. The van der Waals surface area contributed by atoms with Crippen molar-refractivity contribution >= 4 is 84.7 Å². The number of ketones is 1. The molecular weight excluding hydrogens is 1710 g/mol. The first-order chi connectivity index (χ1) is 65.2. The third kappa shape index (κ3) is 32.0. The first-order valence-corrected chi connectivity index (χ1v) is 52.7. The molecule has 4 amide bonds. The standard InChI is InChI=1S/C19H29N3O.C17H24N2O.C16H24N2.C15H24N4O.C15H23N3O.C15H20N2.C14H22N2O2S/c1-14(2)16-4-5-18(21-10-7-20-8-11-21)17(12-16)19(23)22-9-6-15(3)13-22;1-12(2)14-5-6-16(19-9-7-18-8-10-19)15(11-14)17(20)13-3-4-13;1-4-5-15-12-14(13(2)3)6-7-16(15)18-10-8-17-9-11-18;1-11(2)12-4-5-14(19-8-6-17-7-9-19)13(10-12)18-15(20)16-3;1-11(2)13-4-5-15(14(10-13)17-12(3)19)18-8-6-16-7-9-18;1-4-13-11-14(12(2)3)5-6-15(13)17-9-7-16-8-10-17;1-11(2)12-4-5-13(14(10-12)19(3,17)18)16-8-6-15-7-9-16/h4-5,12,14-15,20H,6-11,13H2,1-3H3;5-6,11-13,18H,3-4,7-10H2,1-2H3;4,6-7,12-13,17H,1,5,8-11H2,2-3H3;4-5,10-11,17H,6-9H2,1-3H3,(H2,16,18,20);4-5,10-11,16H,6-9H2,1-3H3,(H,17,19);1,5-6,11-12,16H,7-10H2,2-3H3;4-5,10-11,15H,6-9H2,1-3H3. The normalized spacial score (nSPS) is 17.5. The first-order valence-electron chi connectivity index (χ1n) is 50.8. The number of carbonyl (C=O) groups excluding carboxylic acids is 4. The lowest BCUT2D eigenvalue weighted by molar-refractivity contribution is -0.114. The van der Waals surface area contributed by atoms with Crippen LogP contribution in [-0.4, -0.2) is 247 Å². The molecule has 16 rings (SSSR count). The molecule has 136 heavy (non-hydrogen) atoms. The summed E-state index contributed by atoms with van der Waals surface area (Å²) < 4.78 is 24.1. The topological polar surface area (TPSA) is 249 Å². The Labute approximate surface area is 817 Å². The van der Waals surface area contributed by atoms with Crippen molar-refractivity contribution in [1.29, 1.82) is 0 Å². The van der Waals surface area contributed by atoms with Crippen LogP contribution >= 0.6 is 0 Å². The number of nitrogens with zero attached hydrogens (tertiary/aromatic N) is 8. The summed E-state index contributed by atoms with van der Waals surface area (Å²) in [5, 5.41) is 32.0. The van der Waals surface area contributed by atoms with Gasteiger partial charge in [0.05, 0.1) is 44.6 Å². The third-order valence-electron chi connectivity index (χ3n) is 26.9. The predicted molar refractivity (Wildman–Crippen MR) is 573 cm³/mol. The van der Waals surface area contributed by atoms with Crippen molar-refractivity contribution in [2.45, 2.75) is 183 Å². The van der Waals surface area contributed by atoms with Crippen LogP contribution in [0.15, 0.2) is 145 Å². The van der Waals surface area contributed by atoms with E-state index in [4.69, 9.17) is 6.42 Å². The average molecular weight is 1880 g/mol. The fourth-order valence-corrected chi connectivity index (χ4v) is 19.2. The van der Waals surface area contributed by atoms with Gasteiger partial charge in [-0.25, -0.2) is 13.2 Å². The first kappa shape index (κ1) is 108. The summed E-state index contributed by atoms with van der Waals surface area (Å²) in [5.41, 5.74) is 22.8. The molecule has 9 aliphatic rings. The minimum Gasteiger partial charge on any atom is -0.369 e. The van der Waals surface area contributed by atoms with E-state index in [1.54, 1.807) is 14.0 Å². The van der Waals surface area contributed by atoms with Gasteiger partial charge in [-0.05, 0) is 196 Å². The highest BCUT2D eigenvalue weighted by Gasteiger charge is 2.34. The van der Waals surface area contributed by atoms with E-state index in [0.717, 1.165) is 284 Å². The van der Waals surface area contributed by atoms with Crippen molar-refractivity contribution in [1.82, 2.24) is 47.4 Å². The third-order valence-corrected chi connectivity index (χ3v) is 28.0. The van der Waals surface area contributed by atoms with E-state index in [1.807, 2.05) is 29.2 Å². The molecule has 7 aromatic carbocycles. The molecule has 8 heterocycles. The number of allylic oxidation sites excluding steroid dienone is 1. The quantitative estimate of drug-likeness (QED) is 0.0172. The van der Waals surface area contributed by atoms with E-state index in [1.165, 1.54) is 56.6 Å². The van der Waals surface area contributed by atoms with E-state index >= 15 is 0 Å². The number of carbonyl (C=O) groups is 4. The summed E-state index contributed by atoms with van der Waals surface area (Å²) in [5.74, 6) is 7.56. The van der Waals surface area contributed by atoms with Crippen molar-refractivity contribution < 1.29 is 27.6 Å². The summed E-state index contributed by atoms with van der Waals surface area (Å²) in [6.45, 7) is 67.6. The van der Waals surface area contributed by atoms with Crippen LogP contribution in [0.2, 0.25) is 0 Å². The zero-order valence-electron chi connectivity index (χ0n) is 85.7. The second-order valence-electron chi connectivity index (χ2n) is 39.8. The van der Waals surface area contributed by atoms with Crippen molar-refractivity contribution in [3.63, 3.8) is 0 Å². The second-order valence-corrected chi connectivity index (χ2v) is 41.8. The van der Waals surface area contributed by atoms with E-state index in [2.05, 4.69) is 313 Å². The number of urea groups is 1. The number of sulfone groups is 1. The lowest BCUT2D eigenvalue weighted by Crippen LogP contribution is -2.44. The van der Waals surface area contributed by atoms with Gasteiger partial charge < -0.3 is 92.4 Å². The Bertz CT molecular complexity index is 5130. The van der Waals surface area contributed by atoms with Crippen molar-refractivity contribution in [3.05, 3.63) is 201 Å². The molecule has 0 bridgehead atoms. The van der Waals surface area contributed by atoms with Gasteiger partial charge in [-0.3, -0.25) is 14.4 Å². The van der Waals surface area contributed by atoms with Crippen LogP contribution in [0.25, 0.3) is 0 Å². The molecule has 1 unspecified atom stereocenters. The molecule has 7 aromatic rings. The average Bonchev–Trinajstić information content (AvgIpc) is 1.61. The number of anilines is 9. The van der Waals surface area contributed by atoms with Crippen molar-refractivity contribution in [2.75, 3.05) is 255 Å². The molecule has 25 heteroatoms. The molecule has 0 spiro atoms. The number of amides is 4. The SMILES string of the molecule is C#Cc1cc(C(C)C)ccc1N1CCNCC1.C=CCc1cc(C(C)C)ccc1N1CCNCC1.CC(=O)Nc1cc(C(C)C)ccc1N1CCNCC1.CC(C)c1ccc(N2CCNCC2)c(C(=O)C2CC2)c1.CC(C)c1ccc(N2CCNCC2)c(S(C)(=O)=O)c1.CC1CCN(C(=O)c2cc(C(C)C)ccc2N2CCNCC2)C1.CNC(=O)Nc1cc(C(C)C)ccc1N1CCNCC1. The van der Waals surface area contributed by atoms with Gasteiger partial charge in [0.25, 0.3) is 5.91 Å².